The molecule has 0 aliphatic carbocycles. The Labute approximate surface area is 95.1 Å². The lowest BCUT2D eigenvalue weighted by Gasteiger charge is -2.27. The van der Waals surface area contributed by atoms with Crippen molar-refractivity contribution < 1.29 is 9.90 Å². The van der Waals surface area contributed by atoms with E-state index in [1.165, 1.54) is 6.33 Å². The van der Waals surface area contributed by atoms with Crippen molar-refractivity contribution in [3.63, 3.8) is 0 Å². The van der Waals surface area contributed by atoms with Gasteiger partial charge in [-0.05, 0) is 20.8 Å². The predicted octanol–water partition coefficient (Wildman–Crippen LogP) is 1.47. The Kier molecular flexibility index (Phi) is 4.22. The number of aryl methyl sites for hydroxylation is 1. The molecule has 0 aliphatic heterocycles. The minimum absolute atomic E-state index is 0.112. The second kappa shape index (κ2) is 5.44. The minimum Gasteiger partial charge on any atom is -0.481 e. The molecule has 88 valence electrons. The standard InChI is InChI=1S/C11H17N3O2/c1-8(2)14(5-4-11(15)16)10-6-9(3)12-7-13-10/h6-8H,4-5H2,1-3H3,(H,15,16). The summed E-state index contributed by atoms with van der Waals surface area (Å²) >= 11 is 0. The summed E-state index contributed by atoms with van der Waals surface area (Å²) in [6.07, 6.45) is 1.61. The second-order valence-electron chi connectivity index (χ2n) is 3.95. The molecule has 0 radical (unpaired) electrons. The monoisotopic (exact) mass is 223 g/mol. The molecule has 1 aromatic rings. The molecule has 0 unspecified atom stereocenters. The van der Waals surface area contributed by atoms with Crippen LogP contribution in [0.3, 0.4) is 0 Å². The first-order valence-corrected chi connectivity index (χ1v) is 5.27. The van der Waals surface area contributed by atoms with Crippen LogP contribution >= 0.6 is 0 Å². The summed E-state index contributed by atoms with van der Waals surface area (Å²) in [5.41, 5.74) is 0.881. The summed E-state index contributed by atoms with van der Waals surface area (Å²) in [7, 11) is 0. The third kappa shape index (κ3) is 3.49. The van der Waals surface area contributed by atoms with Gasteiger partial charge in [-0.2, -0.15) is 0 Å². The number of carboxylic acid groups (broad SMARTS) is 1. The number of carbonyl (C=O) groups is 1. The molecule has 0 amide bonds. The molecule has 5 nitrogen and oxygen atoms in total. The quantitative estimate of drug-likeness (QED) is 0.818. The largest absolute Gasteiger partial charge is 0.481 e. The van der Waals surface area contributed by atoms with Crippen molar-refractivity contribution in [2.75, 3.05) is 11.4 Å². The first kappa shape index (κ1) is 12.4. The van der Waals surface area contributed by atoms with Gasteiger partial charge in [0, 0.05) is 24.3 Å². The van der Waals surface area contributed by atoms with Gasteiger partial charge >= 0.3 is 5.97 Å². The molecule has 0 fully saturated rings. The van der Waals surface area contributed by atoms with Crippen LogP contribution in [0.4, 0.5) is 5.82 Å². The van der Waals surface area contributed by atoms with Gasteiger partial charge in [-0.1, -0.05) is 0 Å². The maximum absolute atomic E-state index is 10.6. The van der Waals surface area contributed by atoms with Gasteiger partial charge in [0.25, 0.3) is 0 Å². The van der Waals surface area contributed by atoms with Gasteiger partial charge in [-0.3, -0.25) is 4.79 Å². The summed E-state index contributed by atoms with van der Waals surface area (Å²) in [6.45, 7) is 6.38. The predicted molar refractivity (Wildman–Crippen MR) is 61.5 cm³/mol. The fourth-order valence-electron chi connectivity index (χ4n) is 1.45. The maximum Gasteiger partial charge on any atom is 0.305 e. The van der Waals surface area contributed by atoms with Crippen LogP contribution in [0.15, 0.2) is 12.4 Å². The van der Waals surface area contributed by atoms with E-state index in [9.17, 15) is 4.79 Å². The van der Waals surface area contributed by atoms with E-state index in [1.54, 1.807) is 0 Å². The molecule has 0 atom stereocenters. The molecule has 1 rings (SSSR count). The van der Waals surface area contributed by atoms with E-state index in [0.717, 1.165) is 11.5 Å². The lowest BCUT2D eigenvalue weighted by molar-refractivity contribution is -0.136. The number of rotatable bonds is 5. The zero-order valence-corrected chi connectivity index (χ0v) is 9.84. The van der Waals surface area contributed by atoms with Crippen LogP contribution in [0.25, 0.3) is 0 Å². The second-order valence-corrected chi connectivity index (χ2v) is 3.95. The molecule has 0 bridgehead atoms. The Bertz CT molecular complexity index is 366. The third-order valence-corrected chi connectivity index (χ3v) is 2.27. The normalized spacial score (nSPS) is 10.5. The number of carboxylic acids is 1. The van der Waals surface area contributed by atoms with Crippen molar-refractivity contribution in [1.82, 2.24) is 9.97 Å². The van der Waals surface area contributed by atoms with Gasteiger partial charge in [0.1, 0.15) is 12.1 Å². The first-order valence-electron chi connectivity index (χ1n) is 5.27. The van der Waals surface area contributed by atoms with Crippen LogP contribution in [0.1, 0.15) is 26.0 Å². The van der Waals surface area contributed by atoms with E-state index in [0.29, 0.717) is 6.54 Å². The number of hydrogen-bond donors (Lipinski definition) is 1. The lowest BCUT2D eigenvalue weighted by atomic mass is 10.2. The van der Waals surface area contributed by atoms with E-state index in [1.807, 2.05) is 31.7 Å². The maximum atomic E-state index is 10.6. The van der Waals surface area contributed by atoms with Crippen molar-refractivity contribution >= 4 is 11.8 Å². The Morgan fingerprint density at radius 1 is 1.50 bits per heavy atom. The Hall–Kier alpha value is -1.65. The molecule has 16 heavy (non-hydrogen) atoms. The highest BCUT2D eigenvalue weighted by molar-refractivity contribution is 5.67. The fraction of sp³-hybridized carbons (Fsp3) is 0.545. The van der Waals surface area contributed by atoms with Crippen molar-refractivity contribution in [1.29, 1.82) is 0 Å². The number of aromatic nitrogens is 2. The summed E-state index contributed by atoms with van der Waals surface area (Å²) < 4.78 is 0. The van der Waals surface area contributed by atoms with Crippen LogP contribution < -0.4 is 4.90 Å². The van der Waals surface area contributed by atoms with Crippen LogP contribution in [0.5, 0.6) is 0 Å². The third-order valence-electron chi connectivity index (χ3n) is 2.27. The van der Waals surface area contributed by atoms with Gasteiger partial charge < -0.3 is 10.0 Å². The molecule has 5 heteroatoms. The average molecular weight is 223 g/mol. The van der Waals surface area contributed by atoms with E-state index >= 15 is 0 Å². The van der Waals surface area contributed by atoms with Crippen molar-refractivity contribution in [3.8, 4) is 0 Å². The molecule has 0 spiro atoms. The SMILES string of the molecule is Cc1cc(N(CCC(=O)O)C(C)C)ncn1. The molecular formula is C11H17N3O2. The van der Waals surface area contributed by atoms with Gasteiger partial charge in [0.05, 0.1) is 6.42 Å². The van der Waals surface area contributed by atoms with Crippen LogP contribution in [0, 0.1) is 6.92 Å². The summed E-state index contributed by atoms with van der Waals surface area (Å²) in [6, 6.07) is 2.08. The highest BCUT2D eigenvalue weighted by Gasteiger charge is 2.13. The van der Waals surface area contributed by atoms with Crippen LogP contribution in [0.2, 0.25) is 0 Å². The van der Waals surface area contributed by atoms with Gasteiger partial charge in [0.2, 0.25) is 0 Å². The smallest absolute Gasteiger partial charge is 0.305 e. The lowest BCUT2D eigenvalue weighted by Crippen LogP contribution is -2.33. The summed E-state index contributed by atoms with van der Waals surface area (Å²) in [5.74, 6) is -0.0137. The molecule has 0 aromatic carbocycles. The van der Waals surface area contributed by atoms with E-state index < -0.39 is 5.97 Å². The zero-order chi connectivity index (χ0) is 12.1. The number of nitrogens with zero attached hydrogens (tertiary/aromatic N) is 3. The van der Waals surface area contributed by atoms with E-state index in [-0.39, 0.29) is 12.5 Å². The average Bonchev–Trinajstić information content (AvgIpc) is 2.17. The Morgan fingerprint density at radius 2 is 2.19 bits per heavy atom. The summed E-state index contributed by atoms with van der Waals surface area (Å²) in [5, 5.41) is 8.69. The molecule has 1 heterocycles. The van der Waals surface area contributed by atoms with Crippen molar-refractivity contribution in [3.05, 3.63) is 18.1 Å². The number of anilines is 1. The van der Waals surface area contributed by atoms with E-state index in [4.69, 9.17) is 5.11 Å². The van der Waals surface area contributed by atoms with Crippen LogP contribution in [-0.2, 0) is 4.79 Å². The van der Waals surface area contributed by atoms with Gasteiger partial charge in [0.15, 0.2) is 0 Å². The Balaban J connectivity index is 2.81. The van der Waals surface area contributed by atoms with Crippen LogP contribution in [-0.4, -0.2) is 33.6 Å². The molecule has 0 saturated carbocycles. The molecular weight excluding hydrogens is 206 g/mol. The van der Waals surface area contributed by atoms with Gasteiger partial charge in [-0.15, -0.1) is 0 Å². The van der Waals surface area contributed by atoms with Gasteiger partial charge in [-0.25, -0.2) is 9.97 Å². The zero-order valence-electron chi connectivity index (χ0n) is 9.84. The highest BCUT2D eigenvalue weighted by Crippen LogP contribution is 2.14. The minimum atomic E-state index is -0.795. The molecule has 1 N–H and O–H groups in total. The topological polar surface area (TPSA) is 66.3 Å². The van der Waals surface area contributed by atoms with Crippen molar-refractivity contribution in [2.24, 2.45) is 0 Å². The first-order chi connectivity index (χ1) is 7.50. The number of hydrogen-bond acceptors (Lipinski definition) is 4. The number of aliphatic carboxylic acids is 1. The Morgan fingerprint density at radius 3 is 2.69 bits per heavy atom. The fourth-order valence-corrected chi connectivity index (χ4v) is 1.45. The highest BCUT2D eigenvalue weighted by atomic mass is 16.4. The molecule has 0 aliphatic rings. The summed E-state index contributed by atoms with van der Waals surface area (Å²) in [4.78, 5) is 20.7. The molecule has 1 aromatic heterocycles. The molecule has 0 saturated heterocycles. The van der Waals surface area contributed by atoms with Crippen molar-refractivity contribution in [2.45, 2.75) is 33.2 Å². The van der Waals surface area contributed by atoms with E-state index in [2.05, 4.69) is 9.97 Å².